The SMILES string of the molecule is N#CCOC(=O)C(F)(F)C(F)(F)C(F)(F)F. The van der Waals surface area contributed by atoms with E-state index in [0.29, 0.717) is 0 Å². The van der Waals surface area contributed by atoms with Gasteiger partial charge in [-0.1, -0.05) is 0 Å². The van der Waals surface area contributed by atoms with Crippen molar-refractivity contribution in [3.8, 4) is 6.07 Å². The van der Waals surface area contributed by atoms with E-state index in [1.807, 2.05) is 0 Å². The van der Waals surface area contributed by atoms with Crippen molar-refractivity contribution in [2.45, 2.75) is 18.0 Å². The molecule has 0 saturated heterocycles. The van der Waals surface area contributed by atoms with Crippen LogP contribution in [0, 0.1) is 11.3 Å². The van der Waals surface area contributed by atoms with E-state index in [1.54, 1.807) is 0 Å². The molecule has 10 heteroatoms. The highest BCUT2D eigenvalue weighted by Gasteiger charge is 2.77. The van der Waals surface area contributed by atoms with Crippen LogP contribution in [-0.2, 0) is 9.53 Å². The predicted molar refractivity (Wildman–Crippen MR) is 32.5 cm³/mol. The molecule has 0 rings (SSSR count). The van der Waals surface area contributed by atoms with Crippen LogP contribution in [0.1, 0.15) is 0 Å². The second kappa shape index (κ2) is 4.15. The van der Waals surface area contributed by atoms with Gasteiger partial charge in [0.25, 0.3) is 0 Å². The minimum atomic E-state index is -6.61. The van der Waals surface area contributed by atoms with E-state index in [4.69, 9.17) is 5.26 Å². The average Bonchev–Trinajstić information content (AvgIpc) is 2.11. The van der Waals surface area contributed by atoms with Crippen LogP contribution < -0.4 is 0 Å². The lowest BCUT2D eigenvalue weighted by molar-refractivity contribution is -0.348. The molecule has 0 unspecified atom stereocenters. The van der Waals surface area contributed by atoms with Crippen LogP contribution in [-0.4, -0.2) is 30.6 Å². The molecule has 0 aliphatic rings. The van der Waals surface area contributed by atoms with Crippen LogP contribution in [0.4, 0.5) is 30.7 Å². The first-order valence-electron chi connectivity index (χ1n) is 3.35. The van der Waals surface area contributed by atoms with Crippen LogP contribution in [0.15, 0.2) is 0 Å². The van der Waals surface area contributed by atoms with E-state index in [1.165, 1.54) is 0 Å². The summed E-state index contributed by atoms with van der Waals surface area (Å²) >= 11 is 0. The van der Waals surface area contributed by atoms with Crippen LogP contribution in [0.25, 0.3) is 0 Å². The Morgan fingerprint density at radius 1 is 1.12 bits per heavy atom. The molecule has 0 atom stereocenters. The number of ether oxygens (including phenoxy) is 1. The summed E-state index contributed by atoms with van der Waals surface area (Å²) in [5.41, 5.74) is 0. The maximum absolute atomic E-state index is 12.4. The van der Waals surface area contributed by atoms with Crippen molar-refractivity contribution >= 4 is 5.97 Å². The molecule has 3 nitrogen and oxygen atoms in total. The third-order valence-corrected chi connectivity index (χ3v) is 1.27. The van der Waals surface area contributed by atoms with Gasteiger partial charge in [-0.3, -0.25) is 0 Å². The topological polar surface area (TPSA) is 50.1 Å². The van der Waals surface area contributed by atoms with Gasteiger partial charge in [-0.15, -0.1) is 0 Å². The van der Waals surface area contributed by atoms with Gasteiger partial charge in [-0.2, -0.15) is 36.0 Å². The molecule has 0 aromatic heterocycles. The number of hydrogen-bond donors (Lipinski definition) is 0. The quantitative estimate of drug-likeness (QED) is 0.570. The summed E-state index contributed by atoms with van der Waals surface area (Å²) in [6.45, 7) is -1.36. The van der Waals surface area contributed by atoms with Crippen LogP contribution in [0.3, 0.4) is 0 Å². The number of esters is 1. The third kappa shape index (κ3) is 2.34. The summed E-state index contributed by atoms with van der Waals surface area (Å²) < 4.78 is 86.7. The van der Waals surface area contributed by atoms with Crippen molar-refractivity contribution in [3.63, 3.8) is 0 Å². The Morgan fingerprint density at radius 2 is 1.56 bits per heavy atom. The van der Waals surface area contributed by atoms with E-state index in [9.17, 15) is 35.5 Å². The molecule has 0 saturated carbocycles. The first-order chi connectivity index (χ1) is 6.98. The highest BCUT2D eigenvalue weighted by molar-refractivity contribution is 5.79. The van der Waals surface area contributed by atoms with Gasteiger partial charge in [-0.05, 0) is 0 Å². The Kier molecular flexibility index (Phi) is 3.75. The Morgan fingerprint density at radius 3 is 1.88 bits per heavy atom. The zero-order valence-corrected chi connectivity index (χ0v) is 7.12. The first kappa shape index (κ1) is 14.5. The molecule has 0 aromatic rings. The van der Waals surface area contributed by atoms with Gasteiger partial charge >= 0.3 is 24.0 Å². The number of carbonyl (C=O) groups excluding carboxylic acids is 1. The molecule has 0 amide bonds. The summed E-state index contributed by atoms with van der Waals surface area (Å²) in [5, 5.41) is 7.76. The highest BCUT2D eigenvalue weighted by atomic mass is 19.4. The summed E-state index contributed by atoms with van der Waals surface area (Å²) in [6, 6.07) is 0.958. The maximum Gasteiger partial charge on any atom is 0.460 e. The standard InChI is InChI=1S/C6H2F7NO2/c7-4(8,3(15)16-2-1-14)5(9,10)6(11,12)13/h2H2. The Balaban J connectivity index is 5.06. The van der Waals surface area contributed by atoms with E-state index < -0.39 is 30.6 Å². The molecule has 0 bridgehead atoms. The zero-order chi connectivity index (χ0) is 13.2. The Hall–Kier alpha value is -1.53. The predicted octanol–water partition coefficient (Wildman–Crippen LogP) is 1.89. The zero-order valence-electron chi connectivity index (χ0n) is 7.12. The van der Waals surface area contributed by atoms with Crippen LogP contribution >= 0.6 is 0 Å². The van der Waals surface area contributed by atoms with Crippen molar-refractivity contribution in [1.29, 1.82) is 5.26 Å². The van der Waals surface area contributed by atoms with Crippen LogP contribution in [0.2, 0.25) is 0 Å². The fourth-order valence-electron chi connectivity index (χ4n) is 0.495. The van der Waals surface area contributed by atoms with Crippen molar-refractivity contribution < 1.29 is 40.3 Å². The van der Waals surface area contributed by atoms with Gasteiger partial charge in [-0.25, -0.2) is 4.79 Å². The van der Waals surface area contributed by atoms with Crippen molar-refractivity contribution in [2.24, 2.45) is 0 Å². The van der Waals surface area contributed by atoms with Crippen molar-refractivity contribution in [3.05, 3.63) is 0 Å². The molecular formula is C6H2F7NO2. The largest absolute Gasteiger partial charge is 0.460 e. The second-order valence-electron chi connectivity index (χ2n) is 2.38. The van der Waals surface area contributed by atoms with E-state index >= 15 is 0 Å². The van der Waals surface area contributed by atoms with Gasteiger partial charge in [0.1, 0.15) is 6.07 Å². The molecule has 0 fully saturated rings. The lowest BCUT2D eigenvalue weighted by atomic mass is 10.1. The van der Waals surface area contributed by atoms with E-state index in [-0.39, 0.29) is 0 Å². The van der Waals surface area contributed by atoms with Crippen molar-refractivity contribution in [2.75, 3.05) is 6.61 Å². The third-order valence-electron chi connectivity index (χ3n) is 1.27. The minimum Gasteiger partial charge on any atom is -0.446 e. The number of carbonyl (C=O) groups is 1. The number of nitriles is 1. The summed E-state index contributed by atoms with van der Waals surface area (Å²) in [7, 11) is 0. The Bertz CT molecular complexity index is 316. The molecular weight excluding hydrogens is 251 g/mol. The number of halogens is 7. The molecule has 0 radical (unpaired) electrons. The van der Waals surface area contributed by atoms with Gasteiger partial charge < -0.3 is 4.74 Å². The van der Waals surface area contributed by atoms with Gasteiger partial charge in [0.05, 0.1) is 0 Å². The van der Waals surface area contributed by atoms with E-state index in [2.05, 4.69) is 4.74 Å². The molecule has 16 heavy (non-hydrogen) atoms. The van der Waals surface area contributed by atoms with Gasteiger partial charge in [0, 0.05) is 0 Å². The molecule has 92 valence electrons. The van der Waals surface area contributed by atoms with Gasteiger partial charge in [0.2, 0.25) is 0 Å². The molecule has 0 N–H and O–H groups in total. The molecule has 0 spiro atoms. The number of nitrogens with zero attached hydrogens (tertiary/aromatic N) is 1. The number of alkyl halides is 7. The normalized spacial score (nSPS) is 13.1. The van der Waals surface area contributed by atoms with E-state index in [0.717, 1.165) is 6.07 Å². The molecule has 0 aromatic carbocycles. The summed E-state index contributed by atoms with van der Waals surface area (Å²) in [4.78, 5) is 10.2. The van der Waals surface area contributed by atoms with Crippen LogP contribution in [0.5, 0.6) is 0 Å². The second-order valence-corrected chi connectivity index (χ2v) is 2.38. The fraction of sp³-hybridized carbons (Fsp3) is 0.667. The Labute approximate surface area is 83.4 Å². The molecule has 0 aliphatic heterocycles. The molecule has 0 heterocycles. The number of hydrogen-bond acceptors (Lipinski definition) is 3. The summed E-state index contributed by atoms with van der Waals surface area (Å²) in [5.74, 6) is -15.8. The highest BCUT2D eigenvalue weighted by Crippen LogP contribution is 2.46. The monoisotopic (exact) mass is 253 g/mol. The smallest absolute Gasteiger partial charge is 0.446 e. The molecule has 0 aliphatic carbocycles. The maximum atomic E-state index is 12.4. The lowest BCUT2D eigenvalue weighted by Crippen LogP contribution is -2.56. The summed E-state index contributed by atoms with van der Waals surface area (Å²) in [6.07, 6.45) is -6.61. The average molecular weight is 253 g/mol. The minimum absolute atomic E-state index is 0.958. The lowest BCUT2D eigenvalue weighted by Gasteiger charge is -2.25. The first-order valence-corrected chi connectivity index (χ1v) is 3.35. The number of rotatable bonds is 3. The van der Waals surface area contributed by atoms with Crippen molar-refractivity contribution in [1.82, 2.24) is 0 Å². The fourth-order valence-corrected chi connectivity index (χ4v) is 0.495. The van der Waals surface area contributed by atoms with Gasteiger partial charge in [0.15, 0.2) is 6.61 Å².